The van der Waals surface area contributed by atoms with Gasteiger partial charge in [-0.2, -0.15) is 0 Å². The number of fused-ring (bicyclic) bond motifs is 2. The first kappa shape index (κ1) is 22.7. The third-order valence-corrected chi connectivity index (χ3v) is 7.92. The minimum atomic E-state index is -0.159. The monoisotopic (exact) mass is 467 g/mol. The molecule has 0 spiro atoms. The lowest BCUT2D eigenvalue weighted by Crippen LogP contribution is -2.61. The number of hydrogen-bond acceptors (Lipinski definition) is 4. The van der Waals surface area contributed by atoms with E-state index in [0.29, 0.717) is 33.5 Å². The Balaban J connectivity index is 1.25. The van der Waals surface area contributed by atoms with Gasteiger partial charge >= 0.3 is 0 Å². The number of benzene rings is 1. The third-order valence-electron chi connectivity index (χ3n) is 7.18. The van der Waals surface area contributed by atoms with Crippen molar-refractivity contribution in [1.82, 2.24) is 16.0 Å². The molecule has 1 heterocycles. The Morgan fingerprint density at radius 2 is 1.77 bits per heavy atom. The van der Waals surface area contributed by atoms with Gasteiger partial charge in [0, 0.05) is 24.7 Å². The van der Waals surface area contributed by atoms with E-state index in [4.69, 9.17) is 27.9 Å². The van der Waals surface area contributed by atoms with Gasteiger partial charge in [0.25, 0.3) is 5.91 Å². The number of hydrogen-bond donors (Lipinski definition) is 3. The third kappa shape index (κ3) is 5.47. The molecule has 2 amide bonds. The molecular formula is C23H31Cl2N3O3. The molecule has 3 N–H and O–H groups in total. The Bertz CT molecular complexity index is 815. The fraction of sp³-hybridized carbons (Fsp3) is 0.652. The molecule has 5 rings (SSSR count). The van der Waals surface area contributed by atoms with E-state index in [1.165, 1.54) is 0 Å². The summed E-state index contributed by atoms with van der Waals surface area (Å²) in [6.07, 6.45) is 4.97. The summed E-state index contributed by atoms with van der Waals surface area (Å²) >= 11 is 11.9. The Labute approximate surface area is 193 Å². The van der Waals surface area contributed by atoms with Crippen molar-refractivity contribution >= 4 is 35.0 Å². The van der Waals surface area contributed by atoms with Gasteiger partial charge in [0.1, 0.15) is 5.75 Å². The molecule has 6 nitrogen and oxygen atoms in total. The zero-order valence-corrected chi connectivity index (χ0v) is 19.3. The fourth-order valence-electron chi connectivity index (χ4n) is 5.18. The van der Waals surface area contributed by atoms with Crippen molar-refractivity contribution in [2.24, 2.45) is 23.7 Å². The van der Waals surface area contributed by atoms with Crippen molar-refractivity contribution in [2.45, 2.75) is 51.1 Å². The molecule has 4 unspecified atom stereocenters. The summed E-state index contributed by atoms with van der Waals surface area (Å²) in [5, 5.41) is 10.7. The van der Waals surface area contributed by atoms with Crippen LogP contribution in [-0.2, 0) is 9.59 Å². The fourth-order valence-corrected chi connectivity index (χ4v) is 5.47. The molecule has 1 saturated heterocycles. The van der Waals surface area contributed by atoms with E-state index in [0.717, 1.165) is 45.2 Å². The van der Waals surface area contributed by atoms with E-state index in [2.05, 4.69) is 22.9 Å². The van der Waals surface area contributed by atoms with Crippen molar-refractivity contribution in [1.29, 1.82) is 0 Å². The largest absolute Gasteiger partial charge is 0.484 e. The number of carbonyl (C=O) groups is 2. The summed E-state index contributed by atoms with van der Waals surface area (Å²) in [4.78, 5) is 25.3. The van der Waals surface area contributed by atoms with E-state index in [1.807, 2.05) is 0 Å². The second-order valence-corrected chi connectivity index (χ2v) is 10.1. The Morgan fingerprint density at radius 3 is 2.48 bits per heavy atom. The summed E-state index contributed by atoms with van der Waals surface area (Å²) in [6.45, 7) is 3.87. The number of amides is 2. The Morgan fingerprint density at radius 1 is 1.03 bits per heavy atom. The molecule has 1 aromatic carbocycles. The molecule has 0 radical (unpaired) electrons. The molecule has 2 bridgehead atoms. The zero-order valence-electron chi connectivity index (χ0n) is 17.8. The summed E-state index contributed by atoms with van der Waals surface area (Å²) in [6, 6.07) is 5.15. The average Bonchev–Trinajstić information content (AvgIpc) is 2.73. The van der Waals surface area contributed by atoms with Crippen LogP contribution >= 0.6 is 23.2 Å². The van der Waals surface area contributed by atoms with Gasteiger partial charge in [0.05, 0.1) is 16.0 Å². The first-order valence-electron chi connectivity index (χ1n) is 11.3. The highest BCUT2D eigenvalue weighted by Crippen LogP contribution is 2.46. The van der Waals surface area contributed by atoms with Gasteiger partial charge in [-0.15, -0.1) is 0 Å². The standard InChI is InChI=1S/C23H31Cl2N3O3/c1-2-13-5-16(11-26-10-13)23(30)28-21-9-20(14-6-15(21)7-14)27-22(29)12-31-17-3-4-18(24)19(25)8-17/h3-4,8,13-16,20-21,26H,2,5-7,9-12H2,1H3,(H,27,29)(H,28,30). The lowest BCUT2D eigenvalue weighted by Gasteiger charge is -2.51. The highest BCUT2D eigenvalue weighted by atomic mass is 35.5. The number of carbonyl (C=O) groups excluding carboxylic acids is 2. The van der Waals surface area contributed by atoms with Crippen LogP contribution in [0.5, 0.6) is 5.75 Å². The SMILES string of the molecule is CCC1CNCC(C(=O)NC2CC(NC(=O)COc3ccc(Cl)c(Cl)c3)C3CC2C3)C1. The van der Waals surface area contributed by atoms with E-state index in [-0.39, 0.29) is 36.4 Å². The topological polar surface area (TPSA) is 79.5 Å². The molecule has 4 atom stereocenters. The smallest absolute Gasteiger partial charge is 0.258 e. The van der Waals surface area contributed by atoms with Gasteiger partial charge in [-0.1, -0.05) is 36.5 Å². The number of rotatable bonds is 7. The van der Waals surface area contributed by atoms with Crippen LogP contribution in [0.1, 0.15) is 39.0 Å². The first-order chi connectivity index (χ1) is 14.9. The second kappa shape index (κ2) is 9.97. The van der Waals surface area contributed by atoms with Gasteiger partial charge in [-0.3, -0.25) is 9.59 Å². The predicted molar refractivity (Wildman–Crippen MR) is 121 cm³/mol. The quantitative estimate of drug-likeness (QED) is 0.573. The van der Waals surface area contributed by atoms with Crippen LogP contribution in [0, 0.1) is 23.7 Å². The molecule has 3 saturated carbocycles. The van der Waals surface area contributed by atoms with Gasteiger partial charge < -0.3 is 20.7 Å². The van der Waals surface area contributed by atoms with E-state index in [9.17, 15) is 9.59 Å². The summed E-state index contributed by atoms with van der Waals surface area (Å²) in [5.74, 6) is 2.16. The molecule has 1 aromatic rings. The van der Waals surface area contributed by atoms with Crippen molar-refractivity contribution < 1.29 is 14.3 Å². The van der Waals surface area contributed by atoms with Crippen LogP contribution in [0.15, 0.2) is 18.2 Å². The van der Waals surface area contributed by atoms with Gasteiger partial charge in [-0.05, 0) is 62.1 Å². The molecular weight excluding hydrogens is 437 g/mol. The van der Waals surface area contributed by atoms with Crippen molar-refractivity contribution in [3.05, 3.63) is 28.2 Å². The highest BCUT2D eigenvalue weighted by molar-refractivity contribution is 6.42. The number of piperidine rings is 1. The summed E-state index contributed by atoms with van der Waals surface area (Å²) < 4.78 is 5.55. The maximum atomic E-state index is 12.9. The Hall–Kier alpha value is -1.50. The van der Waals surface area contributed by atoms with Crippen LogP contribution in [0.2, 0.25) is 10.0 Å². The van der Waals surface area contributed by atoms with Crippen molar-refractivity contribution in [3.8, 4) is 5.75 Å². The van der Waals surface area contributed by atoms with E-state index < -0.39 is 0 Å². The van der Waals surface area contributed by atoms with Crippen molar-refractivity contribution in [3.63, 3.8) is 0 Å². The number of ether oxygens (including phenoxy) is 1. The van der Waals surface area contributed by atoms with Gasteiger partial charge in [-0.25, -0.2) is 0 Å². The number of halogens is 2. The normalized spacial score (nSPS) is 32.0. The molecule has 8 heteroatoms. The molecule has 31 heavy (non-hydrogen) atoms. The van der Waals surface area contributed by atoms with Crippen LogP contribution in [0.25, 0.3) is 0 Å². The lowest BCUT2D eigenvalue weighted by atomic mass is 9.60. The minimum absolute atomic E-state index is 0.0455. The molecule has 170 valence electrons. The molecule has 3 aliphatic carbocycles. The van der Waals surface area contributed by atoms with Gasteiger partial charge in [0.15, 0.2) is 6.61 Å². The number of nitrogens with one attached hydrogen (secondary N) is 3. The highest BCUT2D eigenvalue weighted by Gasteiger charge is 2.47. The predicted octanol–water partition coefficient (Wildman–Crippen LogP) is 3.41. The zero-order chi connectivity index (χ0) is 22.0. The summed E-state index contributed by atoms with van der Waals surface area (Å²) in [5.41, 5.74) is 0. The van der Waals surface area contributed by atoms with Crippen LogP contribution in [0.3, 0.4) is 0 Å². The summed E-state index contributed by atoms with van der Waals surface area (Å²) in [7, 11) is 0. The lowest BCUT2D eigenvalue weighted by molar-refractivity contribution is -0.129. The van der Waals surface area contributed by atoms with Crippen LogP contribution < -0.4 is 20.7 Å². The average molecular weight is 468 g/mol. The van der Waals surface area contributed by atoms with Gasteiger partial charge in [0.2, 0.25) is 5.91 Å². The first-order valence-corrected chi connectivity index (χ1v) is 12.1. The molecule has 4 fully saturated rings. The van der Waals surface area contributed by atoms with Crippen molar-refractivity contribution in [2.75, 3.05) is 19.7 Å². The van der Waals surface area contributed by atoms with Crippen LogP contribution in [-0.4, -0.2) is 43.6 Å². The molecule has 1 aliphatic heterocycles. The van der Waals surface area contributed by atoms with E-state index in [1.54, 1.807) is 18.2 Å². The van der Waals surface area contributed by atoms with Crippen LogP contribution in [0.4, 0.5) is 0 Å². The second-order valence-electron chi connectivity index (χ2n) is 9.25. The maximum absolute atomic E-state index is 12.9. The Kier molecular flexibility index (Phi) is 7.29. The van der Waals surface area contributed by atoms with E-state index >= 15 is 0 Å². The maximum Gasteiger partial charge on any atom is 0.258 e. The molecule has 0 aromatic heterocycles. The minimum Gasteiger partial charge on any atom is -0.484 e. The molecule has 4 aliphatic rings.